The van der Waals surface area contributed by atoms with Gasteiger partial charge in [-0.2, -0.15) is 0 Å². The first-order valence-electron chi connectivity index (χ1n) is 3.42. The molecule has 0 aromatic heterocycles. The van der Waals surface area contributed by atoms with Gasteiger partial charge in [0.25, 0.3) is 0 Å². The van der Waals surface area contributed by atoms with Crippen molar-refractivity contribution in [1.29, 1.82) is 0 Å². The standard InChI is InChI=1S/C9H9N/c10-9-6-5-7-3-1-2-4-8(7)9/h1-5H,6,10H2. The van der Waals surface area contributed by atoms with Crippen molar-refractivity contribution in [2.24, 2.45) is 5.73 Å². The van der Waals surface area contributed by atoms with E-state index in [0.717, 1.165) is 12.1 Å². The highest BCUT2D eigenvalue weighted by Gasteiger charge is 1.97. The molecule has 0 unspecified atom stereocenters. The van der Waals surface area contributed by atoms with Crippen molar-refractivity contribution >= 4 is 11.8 Å². The van der Waals surface area contributed by atoms with Crippen LogP contribution in [-0.2, 0) is 0 Å². The van der Waals surface area contributed by atoms with E-state index >= 15 is 0 Å². The summed E-state index contributed by atoms with van der Waals surface area (Å²) in [6.45, 7) is 0. The second-order valence-electron chi connectivity index (χ2n) is 2.52. The minimum atomic E-state index is 0.916. The molecule has 50 valence electrons. The zero-order valence-corrected chi connectivity index (χ0v) is 5.67. The Balaban J connectivity index is 2.96. The van der Waals surface area contributed by atoms with E-state index in [4.69, 9.17) is 5.73 Å². The monoisotopic (exact) mass is 131 g/mol. The molecule has 0 fully saturated rings. The Morgan fingerprint density at radius 3 is 2.80 bits per heavy atom. The molecule has 2 rings (SSSR count). The second kappa shape index (κ2) is 1.87. The Labute approximate surface area is 59.5 Å². The Bertz CT molecular complexity index is 363. The van der Waals surface area contributed by atoms with Crippen LogP contribution in [0.2, 0.25) is 0 Å². The number of hydrogen-bond donors (Lipinski definition) is 1. The van der Waals surface area contributed by atoms with Crippen molar-refractivity contribution < 1.29 is 0 Å². The summed E-state index contributed by atoms with van der Waals surface area (Å²) in [7, 11) is 0. The Morgan fingerprint density at radius 2 is 2.00 bits per heavy atom. The molecule has 0 amide bonds. The Kier molecular flexibility index (Phi) is 1.04. The number of nitrogens with two attached hydrogens (primary N) is 1. The molecule has 0 heterocycles. The fraction of sp³-hybridized carbons (Fsp3) is 0.111. The topological polar surface area (TPSA) is 26.0 Å². The molecule has 1 aromatic rings. The third kappa shape index (κ3) is 0.637. The summed E-state index contributed by atoms with van der Waals surface area (Å²) in [5.41, 5.74) is 6.73. The highest BCUT2D eigenvalue weighted by Crippen LogP contribution is 1.95. The van der Waals surface area contributed by atoms with Gasteiger partial charge in [0.2, 0.25) is 0 Å². The molecule has 1 nitrogen and oxygen atoms in total. The summed E-state index contributed by atoms with van der Waals surface area (Å²) in [6, 6.07) is 8.21. The zero-order chi connectivity index (χ0) is 6.97. The minimum absolute atomic E-state index is 0.916. The third-order valence-electron chi connectivity index (χ3n) is 1.85. The molecule has 10 heavy (non-hydrogen) atoms. The maximum atomic E-state index is 5.73. The molecule has 0 saturated carbocycles. The van der Waals surface area contributed by atoms with E-state index < -0.39 is 0 Å². The Hall–Kier alpha value is -1.24. The van der Waals surface area contributed by atoms with Gasteiger partial charge < -0.3 is 5.73 Å². The maximum Gasteiger partial charge on any atom is 0.0199 e. The van der Waals surface area contributed by atoms with Crippen LogP contribution in [0.5, 0.6) is 0 Å². The first kappa shape index (κ1) is 5.54. The van der Waals surface area contributed by atoms with Crippen LogP contribution in [0.4, 0.5) is 0 Å². The smallest absolute Gasteiger partial charge is 0.0199 e. The molecule has 1 aliphatic carbocycles. The van der Waals surface area contributed by atoms with Crippen molar-refractivity contribution in [2.45, 2.75) is 6.42 Å². The zero-order valence-electron chi connectivity index (χ0n) is 5.67. The molecule has 0 bridgehead atoms. The van der Waals surface area contributed by atoms with Crippen LogP contribution in [0, 0.1) is 0 Å². The molecular weight excluding hydrogens is 122 g/mol. The van der Waals surface area contributed by atoms with E-state index in [9.17, 15) is 0 Å². The predicted molar refractivity (Wildman–Crippen MR) is 42.4 cm³/mol. The van der Waals surface area contributed by atoms with Crippen molar-refractivity contribution in [3.63, 3.8) is 0 Å². The first-order chi connectivity index (χ1) is 4.88. The van der Waals surface area contributed by atoms with Crippen LogP contribution in [0.25, 0.3) is 11.8 Å². The highest BCUT2D eigenvalue weighted by atomic mass is 14.6. The van der Waals surface area contributed by atoms with Crippen LogP contribution >= 0.6 is 0 Å². The van der Waals surface area contributed by atoms with Gasteiger partial charge in [-0.1, -0.05) is 30.3 Å². The number of benzene rings is 1. The lowest BCUT2D eigenvalue weighted by Gasteiger charge is -1.87. The normalized spacial score (nSPS) is 14.6. The number of rotatable bonds is 0. The summed E-state index contributed by atoms with van der Waals surface area (Å²) in [4.78, 5) is 0. The van der Waals surface area contributed by atoms with Gasteiger partial charge in [-0.25, -0.2) is 0 Å². The summed E-state index contributed by atoms with van der Waals surface area (Å²) >= 11 is 0. The van der Waals surface area contributed by atoms with E-state index in [1.54, 1.807) is 0 Å². The van der Waals surface area contributed by atoms with E-state index in [1.165, 1.54) is 10.4 Å². The van der Waals surface area contributed by atoms with E-state index in [2.05, 4.69) is 18.2 Å². The van der Waals surface area contributed by atoms with Gasteiger partial charge in [0.1, 0.15) is 0 Å². The molecule has 1 heteroatoms. The SMILES string of the molecule is NC1=c2ccccc2=CC1. The average Bonchev–Trinajstić information content (AvgIpc) is 2.34. The number of hydrogen-bond acceptors (Lipinski definition) is 1. The van der Waals surface area contributed by atoms with Crippen molar-refractivity contribution in [1.82, 2.24) is 0 Å². The van der Waals surface area contributed by atoms with Gasteiger partial charge >= 0.3 is 0 Å². The molecule has 0 atom stereocenters. The van der Waals surface area contributed by atoms with Crippen molar-refractivity contribution in [3.8, 4) is 0 Å². The molecule has 0 aliphatic heterocycles. The molecule has 1 aromatic carbocycles. The first-order valence-corrected chi connectivity index (χ1v) is 3.42. The average molecular weight is 131 g/mol. The van der Waals surface area contributed by atoms with Gasteiger partial charge in [-0.15, -0.1) is 0 Å². The summed E-state index contributed by atoms with van der Waals surface area (Å²) in [5, 5.41) is 2.49. The molecule has 0 saturated heterocycles. The Morgan fingerprint density at radius 1 is 1.20 bits per heavy atom. The van der Waals surface area contributed by atoms with Crippen LogP contribution < -0.4 is 16.2 Å². The predicted octanol–water partition coefficient (Wildman–Crippen LogP) is -0.0623. The lowest BCUT2D eigenvalue weighted by atomic mass is 10.2. The quantitative estimate of drug-likeness (QED) is 0.524. The van der Waals surface area contributed by atoms with Gasteiger partial charge in [-0.3, -0.25) is 0 Å². The minimum Gasteiger partial charge on any atom is -0.401 e. The fourth-order valence-corrected chi connectivity index (χ4v) is 1.30. The van der Waals surface area contributed by atoms with E-state index in [1.807, 2.05) is 12.1 Å². The third-order valence-corrected chi connectivity index (χ3v) is 1.85. The van der Waals surface area contributed by atoms with Gasteiger partial charge in [-0.05, 0) is 5.22 Å². The van der Waals surface area contributed by atoms with Crippen molar-refractivity contribution in [2.75, 3.05) is 0 Å². The van der Waals surface area contributed by atoms with Gasteiger partial charge in [0.15, 0.2) is 0 Å². The molecule has 2 N–H and O–H groups in total. The van der Waals surface area contributed by atoms with Crippen LogP contribution in [0.15, 0.2) is 24.3 Å². The lowest BCUT2D eigenvalue weighted by molar-refractivity contribution is 1.40. The lowest BCUT2D eigenvalue weighted by Crippen LogP contribution is -2.23. The summed E-state index contributed by atoms with van der Waals surface area (Å²) < 4.78 is 0. The molecular formula is C9H9N. The van der Waals surface area contributed by atoms with Crippen LogP contribution in [0.1, 0.15) is 6.42 Å². The number of fused-ring (bicyclic) bond motifs is 1. The van der Waals surface area contributed by atoms with Gasteiger partial charge in [0.05, 0.1) is 0 Å². The summed E-state index contributed by atoms with van der Waals surface area (Å²) in [5.74, 6) is 0. The maximum absolute atomic E-state index is 5.73. The second-order valence-corrected chi connectivity index (χ2v) is 2.52. The van der Waals surface area contributed by atoms with Gasteiger partial charge in [0, 0.05) is 17.3 Å². The van der Waals surface area contributed by atoms with Crippen molar-refractivity contribution in [3.05, 3.63) is 34.7 Å². The summed E-state index contributed by atoms with van der Waals surface area (Å²) in [6.07, 6.45) is 3.07. The van der Waals surface area contributed by atoms with Crippen LogP contribution in [-0.4, -0.2) is 0 Å². The van der Waals surface area contributed by atoms with E-state index in [-0.39, 0.29) is 0 Å². The van der Waals surface area contributed by atoms with Crippen LogP contribution in [0.3, 0.4) is 0 Å². The van der Waals surface area contributed by atoms with E-state index in [0.29, 0.717) is 0 Å². The largest absolute Gasteiger partial charge is 0.401 e. The molecule has 0 radical (unpaired) electrons. The fourth-order valence-electron chi connectivity index (χ4n) is 1.30. The highest BCUT2D eigenvalue weighted by molar-refractivity contribution is 5.56. The molecule has 0 spiro atoms. The molecule has 1 aliphatic rings.